The Balaban J connectivity index is 2.14. The monoisotopic (exact) mass is 223 g/mol. The zero-order valence-electron chi connectivity index (χ0n) is 9.20. The summed E-state index contributed by atoms with van der Waals surface area (Å²) in [6.45, 7) is 0. The summed E-state index contributed by atoms with van der Waals surface area (Å²) in [7, 11) is 0. The molecule has 5 nitrogen and oxygen atoms in total. The first kappa shape index (κ1) is 11.0. The molecule has 1 aliphatic rings. The first-order valence-electron chi connectivity index (χ1n) is 5.73. The van der Waals surface area contributed by atoms with Crippen LogP contribution in [0.15, 0.2) is 0 Å². The summed E-state index contributed by atoms with van der Waals surface area (Å²) in [6, 6.07) is 0. The highest BCUT2D eigenvalue weighted by Gasteiger charge is 2.24. The van der Waals surface area contributed by atoms with E-state index in [1.165, 1.54) is 12.8 Å². The molecule has 88 valence electrons. The molecule has 0 unspecified atom stereocenters. The molecule has 4 N–H and O–H groups in total. The Bertz CT molecular complexity index is 381. The van der Waals surface area contributed by atoms with Gasteiger partial charge in [-0.15, -0.1) is 0 Å². The summed E-state index contributed by atoms with van der Waals surface area (Å²) in [5.74, 6) is 0.236. The summed E-state index contributed by atoms with van der Waals surface area (Å²) in [5, 5.41) is 15.5. The van der Waals surface area contributed by atoms with Gasteiger partial charge in [-0.2, -0.15) is 5.10 Å². The topological polar surface area (TPSA) is 92.0 Å². The van der Waals surface area contributed by atoms with Crippen LogP contribution in [0.2, 0.25) is 0 Å². The molecule has 0 radical (unpaired) electrons. The summed E-state index contributed by atoms with van der Waals surface area (Å²) < 4.78 is 0. The zero-order chi connectivity index (χ0) is 11.5. The number of nitrogens with zero attached hydrogens (tertiary/aromatic N) is 1. The molecule has 0 amide bonds. The fraction of sp³-hybridized carbons (Fsp3) is 0.636. The molecule has 0 spiro atoms. The maximum Gasteiger partial charge on any atom is 0.303 e. The molecular weight excluding hydrogens is 206 g/mol. The van der Waals surface area contributed by atoms with Crippen LogP contribution >= 0.6 is 0 Å². The van der Waals surface area contributed by atoms with Gasteiger partial charge < -0.3 is 10.8 Å². The highest BCUT2D eigenvalue weighted by Crippen LogP contribution is 2.38. The summed E-state index contributed by atoms with van der Waals surface area (Å²) in [6.07, 6.45) is 5.36. The zero-order valence-corrected chi connectivity index (χ0v) is 9.20. The fourth-order valence-corrected chi connectivity index (χ4v) is 2.50. The number of carbonyl (C=O) groups is 1. The largest absolute Gasteiger partial charge is 0.481 e. The van der Waals surface area contributed by atoms with E-state index in [1.54, 1.807) is 0 Å². The van der Waals surface area contributed by atoms with Crippen LogP contribution in [0.1, 0.15) is 49.3 Å². The van der Waals surface area contributed by atoms with Crippen LogP contribution in [0.5, 0.6) is 0 Å². The summed E-state index contributed by atoms with van der Waals surface area (Å²) in [5.41, 5.74) is 7.82. The van der Waals surface area contributed by atoms with Crippen molar-refractivity contribution in [3.63, 3.8) is 0 Å². The van der Waals surface area contributed by atoms with Crippen LogP contribution in [0.4, 0.5) is 5.82 Å². The van der Waals surface area contributed by atoms with Gasteiger partial charge in [-0.1, -0.05) is 12.8 Å². The number of anilines is 1. The third kappa shape index (κ3) is 2.18. The number of nitrogens with one attached hydrogen (secondary N) is 1. The van der Waals surface area contributed by atoms with Crippen LogP contribution in [0, 0.1) is 0 Å². The number of hydrogen-bond acceptors (Lipinski definition) is 3. The Morgan fingerprint density at radius 2 is 2.19 bits per heavy atom. The number of H-pyrrole nitrogens is 1. The van der Waals surface area contributed by atoms with E-state index in [0.29, 0.717) is 18.2 Å². The van der Waals surface area contributed by atoms with Gasteiger partial charge in [-0.3, -0.25) is 9.89 Å². The standard InChI is InChI=1S/C11H17N3O2/c12-11-10(7-3-1-2-4-7)8(13-14-11)5-6-9(15)16/h7H,1-6H2,(H,15,16)(H3,12,13,14). The third-order valence-electron chi connectivity index (χ3n) is 3.26. The second-order valence-corrected chi connectivity index (χ2v) is 4.38. The van der Waals surface area contributed by atoms with Crippen LogP contribution in [-0.4, -0.2) is 21.3 Å². The molecule has 0 aliphatic heterocycles. The predicted molar refractivity (Wildman–Crippen MR) is 60.2 cm³/mol. The second kappa shape index (κ2) is 4.55. The van der Waals surface area contributed by atoms with Gasteiger partial charge in [0.1, 0.15) is 5.82 Å². The Hall–Kier alpha value is -1.52. The first-order valence-corrected chi connectivity index (χ1v) is 5.73. The van der Waals surface area contributed by atoms with Gasteiger partial charge >= 0.3 is 5.97 Å². The number of hydrogen-bond donors (Lipinski definition) is 3. The van der Waals surface area contributed by atoms with Crippen molar-refractivity contribution in [1.82, 2.24) is 10.2 Å². The SMILES string of the molecule is Nc1n[nH]c(CCC(=O)O)c1C1CCCC1. The Labute approximate surface area is 94.0 Å². The molecule has 1 aromatic heterocycles. The van der Waals surface area contributed by atoms with Crippen LogP contribution in [0.25, 0.3) is 0 Å². The molecule has 0 atom stereocenters. The smallest absolute Gasteiger partial charge is 0.303 e. The highest BCUT2D eigenvalue weighted by atomic mass is 16.4. The quantitative estimate of drug-likeness (QED) is 0.723. The number of aryl methyl sites for hydroxylation is 1. The average molecular weight is 223 g/mol. The van der Waals surface area contributed by atoms with Gasteiger partial charge in [-0.25, -0.2) is 0 Å². The van der Waals surface area contributed by atoms with E-state index in [2.05, 4.69) is 10.2 Å². The van der Waals surface area contributed by atoms with Gasteiger partial charge in [0.15, 0.2) is 0 Å². The number of aromatic nitrogens is 2. The third-order valence-corrected chi connectivity index (χ3v) is 3.26. The molecule has 16 heavy (non-hydrogen) atoms. The van der Waals surface area contributed by atoms with Crippen molar-refractivity contribution in [1.29, 1.82) is 0 Å². The molecular formula is C11H17N3O2. The van der Waals surface area contributed by atoms with Gasteiger partial charge in [0.2, 0.25) is 0 Å². The maximum absolute atomic E-state index is 10.5. The molecule has 0 bridgehead atoms. The van der Waals surface area contributed by atoms with E-state index < -0.39 is 5.97 Å². The molecule has 1 saturated carbocycles. The van der Waals surface area contributed by atoms with Gasteiger partial charge in [0.25, 0.3) is 0 Å². The fourth-order valence-electron chi connectivity index (χ4n) is 2.50. The first-order chi connectivity index (χ1) is 7.68. The summed E-state index contributed by atoms with van der Waals surface area (Å²) in [4.78, 5) is 10.5. The second-order valence-electron chi connectivity index (χ2n) is 4.38. The molecule has 1 heterocycles. The minimum atomic E-state index is -0.787. The maximum atomic E-state index is 10.5. The highest BCUT2D eigenvalue weighted by molar-refractivity contribution is 5.67. The number of nitrogens with two attached hydrogens (primary N) is 1. The van der Waals surface area contributed by atoms with Crippen molar-refractivity contribution in [2.75, 3.05) is 5.73 Å². The number of carboxylic acids is 1. The Morgan fingerprint density at radius 1 is 1.50 bits per heavy atom. The lowest BCUT2D eigenvalue weighted by molar-refractivity contribution is -0.136. The molecule has 2 rings (SSSR count). The Morgan fingerprint density at radius 3 is 2.81 bits per heavy atom. The predicted octanol–water partition coefficient (Wildman–Crippen LogP) is 1.67. The van der Waals surface area contributed by atoms with E-state index in [-0.39, 0.29) is 6.42 Å². The lowest BCUT2D eigenvalue weighted by Crippen LogP contribution is -2.03. The number of aromatic amines is 1. The lowest BCUT2D eigenvalue weighted by atomic mass is 9.95. The van der Waals surface area contributed by atoms with E-state index in [1.807, 2.05) is 0 Å². The van der Waals surface area contributed by atoms with Crippen molar-refractivity contribution in [3.8, 4) is 0 Å². The van der Waals surface area contributed by atoms with Crippen molar-refractivity contribution in [2.24, 2.45) is 0 Å². The van der Waals surface area contributed by atoms with Crippen LogP contribution < -0.4 is 5.73 Å². The van der Waals surface area contributed by atoms with Gasteiger partial charge in [-0.05, 0) is 25.2 Å². The molecule has 0 saturated heterocycles. The van der Waals surface area contributed by atoms with E-state index in [4.69, 9.17) is 10.8 Å². The Kier molecular flexibility index (Phi) is 3.12. The minimum absolute atomic E-state index is 0.126. The van der Waals surface area contributed by atoms with Crippen molar-refractivity contribution < 1.29 is 9.90 Å². The number of nitrogen functional groups attached to an aromatic ring is 1. The molecule has 1 aromatic rings. The number of rotatable bonds is 4. The number of aliphatic carboxylic acids is 1. The van der Waals surface area contributed by atoms with Crippen molar-refractivity contribution >= 4 is 11.8 Å². The van der Waals surface area contributed by atoms with Gasteiger partial charge in [0.05, 0.1) is 6.42 Å². The summed E-state index contributed by atoms with van der Waals surface area (Å²) >= 11 is 0. The van der Waals surface area contributed by atoms with Gasteiger partial charge in [0, 0.05) is 11.3 Å². The average Bonchev–Trinajstić information content (AvgIpc) is 2.83. The molecule has 5 heteroatoms. The van der Waals surface area contributed by atoms with Crippen LogP contribution in [0.3, 0.4) is 0 Å². The number of carboxylic acid groups (broad SMARTS) is 1. The van der Waals surface area contributed by atoms with E-state index in [0.717, 1.165) is 24.1 Å². The lowest BCUT2D eigenvalue weighted by Gasteiger charge is -2.10. The molecule has 1 fully saturated rings. The normalized spacial score (nSPS) is 16.8. The van der Waals surface area contributed by atoms with Crippen LogP contribution in [-0.2, 0) is 11.2 Å². The van der Waals surface area contributed by atoms with Crippen molar-refractivity contribution in [2.45, 2.75) is 44.4 Å². The van der Waals surface area contributed by atoms with E-state index in [9.17, 15) is 4.79 Å². The molecule has 1 aliphatic carbocycles. The van der Waals surface area contributed by atoms with Crippen molar-refractivity contribution in [3.05, 3.63) is 11.3 Å². The minimum Gasteiger partial charge on any atom is -0.481 e. The molecule has 0 aromatic carbocycles. The van der Waals surface area contributed by atoms with E-state index >= 15 is 0 Å².